The molecule has 0 aliphatic rings. The molecule has 2 rings (SSSR count). The molecule has 0 saturated carbocycles. The lowest BCUT2D eigenvalue weighted by molar-refractivity contribution is 0.255. The zero-order chi connectivity index (χ0) is 12.8. The normalized spacial score (nSPS) is 10.5. The van der Waals surface area contributed by atoms with E-state index < -0.39 is 0 Å². The highest BCUT2D eigenvalue weighted by Gasteiger charge is 1.99. The van der Waals surface area contributed by atoms with E-state index >= 15 is 0 Å². The molecule has 0 fully saturated rings. The quantitative estimate of drug-likeness (QED) is 0.902. The number of urea groups is 1. The molecule has 2 aromatic rings. The molecule has 2 amide bonds. The first-order valence-electron chi connectivity index (χ1n) is 5.13. The zero-order valence-electron chi connectivity index (χ0n) is 9.26. The van der Waals surface area contributed by atoms with Crippen LogP contribution >= 0.6 is 22.9 Å². The summed E-state index contributed by atoms with van der Waals surface area (Å²) in [5.41, 5.74) is 0.953. The molecular weight excluding hydrogens is 270 g/mol. The fourth-order valence-electron chi connectivity index (χ4n) is 1.21. The van der Waals surface area contributed by atoms with Gasteiger partial charge in [-0.3, -0.25) is 5.32 Å². The molecule has 0 aliphatic carbocycles. The van der Waals surface area contributed by atoms with Gasteiger partial charge in [0.2, 0.25) is 0 Å². The van der Waals surface area contributed by atoms with Crippen molar-refractivity contribution >= 4 is 40.2 Å². The van der Waals surface area contributed by atoms with Gasteiger partial charge in [-0.05, 0) is 23.8 Å². The summed E-state index contributed by atoms with van der Waals surface area (Å²) in [6.07, 6.45) is 4.97. The van der Waals surface area contributed by atoms with E-state index in [0.29, 0.717) is 10.2 Å². The van der Waals surface area contributed by atoms with E-state index in [0.717, 1.165) is 5.56 Å². The van der Waals surface area contributed by atoms with Gasteiger partial charge in [-0.25, -0.2) is 9.78 Å². The van der Waals surface area contributed by atoms with E-state index in [9.17, 15) is 4.79 Å². The van der Waals surface area contributed by atoms with Crippen LogP contribution in [0.1, 0.15) is 5.56 Å². The molecule has 0 radical (unpaired) electrons. The van der Waals surface area contributed by atoms with Crippen LogP contribution in [0.3, 0.4) is 0 Å². The first-order chi connectivity index (χ1) is 8.74. The Labute approximate surface area is 113 Å². The first kappa shape index (κ1) is 12.6. The van der Waals surface area contributed by atoms with Crippen LogP contribution in [0, 0.1) is 0 Å². The number of hydrogen-bond donors (Lipinski definition) is 2. The van der Waals surface area contributed by atoms with Crippen LogP contribution in [-0.2, 0) is 0 Å². The van der Waals surface area contributed by atoms with Crippen LogP contribution in [0.5, 0.6) is 0 Å². The molecule has 18 heavy (non-hydrogen) atoms. The molecule has 92 valence electrons. The summed E-state index contributed by atoms with van der Waals surface area (Å²) in [6.45, 7) is 0. The number of rotatable bonds is 3. The third-order valence-electron chi connectivity index (χ3n) is 2.01. The number of aromatic nitrogens is 1. The highest BCUT2D eigenvalue weighted by molar-refractivity contribution is 7.13. The number of hydrogen-bond acceptors (Lipinski definition) is 3. The molecule has 1 heterocycles. The van der Waals surface area contributed by atoms with E-state index in [1.807, 2.05) is 12.1 Å². The predicted molar refractivity (Wildman–Crippen MR) is 74.8 cm³/mol. The summed E-state index contributed by atoms with van der Waals surface area (Å²) in [5.74, 6) is 0. The number of benzene rings is 1. The Morgan fingerprint density at radius 1 is 1.33 bits per heavy atom. The number of nitrogens with one attached hydrogen (secondary N) is 2. The summed E-state index contributed by atoms with van der Waals surface area (Å²) in [4.78, 5) is 15.4. The van der Waals surface area contributed by atoms with Crippen molar-refractivity contribution in [1.29, 1.82) is 0 Å². The molecule has 0 bridgehead atoms. The highest BCUT2D eigenvalue weighted by Crippen LogP contribution is 2.11. The molecule has 1 aromatic heterocycles. The second kappa shape index (κ2) is 6.18. The van der Waals surface area contributed by atoms with E-state index in [-0.39, 0.29) is 6.03 Å². The molecular formula is C12H10ClN3OS. The molecule has 1 aromatic carbocycles. The Hall–Kier alpha value is -1.85. The highest BCUT2D eigenvalue weighted by atomic mass is 35.5. The van der Waals surface area contributed by atoms with Gasteiger partial charge < -0.3 is 5.32 Å². The number of carbonyl (C=O) groups excluding carboxylic acids is 1. The van der Waals surface area contributed by atoms with Crippen LogP contribution in [0.15, 0.2) is 42.0 Å². The minimum absolute atomic E-state index is 0.324. The van der Waals surface area contributed by atoms with Gasteiger partial charge in [-0.2, -0.15) is 0 Å². The van der Waals surface area contributed by atoms with Crippen molar-refractivity contribution < 1.29 is 4.79 Å². The van der Waals surface area contributed by atoms with Crippen molar-refractivity contribution in [2.45, 2.75) is 0 Å². The van der Waals surface area contributed by atoms with Gasteiger partial charge in [-0.1, -0.05) is 23.7 Å². The van der Waals surface area contributed by atoms with Crippen molar-refractivity contribution in [2.75, 3.05) is 5.32 Å². The van der Waals surface area contributed by atoms with Crippen LogP contribution in [-0.4, -0.2) is 11.0 Å². The van der Waals surface area contributed by atoms with E-state index in [1.165, 1.54) is 11.3 Å². The standard InChI is InChI=1S/C12H10ClN3OS/c13-10-3-1-9(2-4-10)5-6-14-11(17)16-12-15-7-8-18-12/h1-8H,(H2,14,15,16,17)/b6-5+. The lowest BCUT2D eigenvalue weighted by Crippen LogP contribution is -2.23. The molecule has 6 heteroatoms. The first-order valence-corrected chi connectivity index (χ1v) is 6.39. The molecule has 0 aliphatic heterocycles. The Kier molecular flexibility index (Phi) is 4.33. The number of nitrogens with zero attached hydrogens (tertiary/aromatic N) is 1. The number of thiazole rings is 1. The maximum Gasteiger partial charge on any atom is 0.325 e. The summed E-state index contributed by atoms with van der Waals surface area (Å²) in [7, 11) is 0. The Balaban J connectivity index is 1.84. The number of amides is 2. The minimum atomic E-state index is -0.324. The van der Waals surface area contributed by atoms with Gasteiger partial charge in [0.1, 0.15) is 0 Å². The second-order valence-corrected chi connectivity index (χ2v) is 4.65. The van der Waals surface area contributed by atoms with Crippen LogP contribution in [0.4, 0.5) is 9.93 Å². The Morgan fingerprint density at radius 2 is 2.11 bits per heavy atom. The van der Waals surface area contributed by atoms with Crippen molar-refractivity contribution in [1.82, 2.24) is 10.3 Å². The SMILES string of the molecule is O=C(N/C=C/c1ccc(Cl)cc1)Nc1nccs1. The largest absolute Gasteiger partial charge is 0.325 e. The zero-order valence-corrected chi connectivity index (χ0v) is 10.8. The Bertz CT molecular complexity index is 537. The van der Waals surface area contributed by atoms with Gasteiger partial charge in [0.15, 0.2) is 5.13 Å². The van der Waals surface area contributed by atoms with Crippen molar-refractivity contribution in [3.8, 4) is 0 Å². The van der Waals surface area contributed by atoms with E-state index in [1.54, 1.807) is 36.0 Å². The van der Waals surface area contributed by atoms with Gasteiger partial charge in [0.25, 0.3) is 0 Å². The maximum absolute atomic E-state index is 11.4. The van der Waals surface area contributed by atoms with Gasteiger partial charge >= 0.3 is 6.03 Å². The van der Waals surface area contributed by atoms with Crippen LogP contribution in [0.25, 0.3) is 6.08 Å². The fraction of sp³-hybridized carbons (Fsp3) is 0. The minimum Gasteiger partial charge on any atom is -0.314 e. The molecule has 0 atom stereocenters. The predicted octanol–water partition coefficient (Wildman–Crippen LogP) is 3.59. The molecule has 0 saturated heterocycles. The molecule has 2 N–H and O–H groups in total. The second-order valence-electron chi connectivity index (χ2n) is 3.32. The van der Waals surface area contributed by atoms with Crippen LogP contribution in [0.2, 0.25) is 5.02 Å². The smallest absolute Gasteiger partial charge is 0.314 e. The van der Waals surface area contributed by atoms with Crippen molar-refractivity contribution in [2.24, 2.45) is 0 Å². The number of halogens is 1. The average Bonchev–Trinajstić information content (AvgIpc) is 2.84. The van der Waals surface area contributed by atoms with Gasteiger partial charge in [-0.15, -0.1) is 11.3 Å². The maximum atomic E-state index is 11.4. The van der Waals surface area contributed by atoms with Gasteiger partial charge in [0, 0.05) is 22.8 Å². The third-order valence-corrected chi connectivity index (χ3v) is 2.95. The fourth-order valence-corrected chi connectivity index (χ4v) is 1.86. The average molecular weight is 280 g/mol. The lowest BCUT2D eigenvalue weighted by atomic mass is 10.2. The Morgan fingerprint density at radius 3 is 2.78 bits per heavy atom. The third kappa shape index (κ3) is 3.87. The lowest BCUT2D eigenvalue weighted by Gasteiger charge is -1.99. The van der Waals surface area contributed by atoms with Gasteiger partial charge in [0.05, 0.1) is 0 Å². The van der Waals surface area contributed by atoms with Crippen molar-refractivity contribution in [3.05, 3.63) is 52.6 Å². The summed E-state index contributed by atoms with van der Waals surface area (Å²) in [6, 6.07) is 6.97. The molecule has 0 unspecified atom stereocenters. The van der Waals surface area contributed by atoms with Crippen molar-refractivity contribution in [3.63, 3.8) is 0 Å². The van der Waals surface area contributed by atoms with E-state index in [2.05, 4.69) is 15.6 Å². The monoisotopic (exact) mass is 279 g/mol. The summed E-state index contributed by atoms with van der Waals surface area (Å²) >= 11 is 7.13. The topological polar surface area (TPSA) is 54.0 Å². The summed E-state index contributed by atoms with van der Waals surface area (Å²) in [5, 5.41) is 8.22. The molecule has 4 nitrogen and oxygen atoms in total. The van der Waals surface area contributed by atoms with E-state index in [4.69, 9.17) is 11.6 Å². The number of carbonyl (C=O) groups is 1. The molecule has 0 spiro atoms. The van der Waals surface area contributed by atoms with Crippen LogP contribution < -0.4 is 10.6 Å². The summed E-state index contributed by atoms with van der Waals surface area (Å²) < 4.78 is 0. The number of anilines is 1.